The Labute approximate surface area is 120 Å². The lowest BCUT2D eigenvalue weighted by Crippen LogP contribution is -2.30. The molecule has 0 aliphatic heterocycles. The predicted molar refractivity (Wildman–Crippen MR) is 70.5 cm³/mol. The summed E-state index contributed by atoms with van der Waals surface area (Å²) >= 11 is 5.62. The molecule has 2 rings (SSSR count). The number of carboxylic acids is 1. The van der Waals surface area contributed by atoms with Gasteiger partial charge in [-0.2, -0.15) is 0 Å². The van der Waals surface area contributed by atoms with Crippen LogP contribution in [0.3, 0.4) is 0 Å². The molecule has 4 nitrogen and oxygen atoms in total. The summed E-state index contributed by atoms with van der Waals surface area (Å²) in [7, 11) is 0. The Morgan fingerprint density at radius 2 is 1.85 bits per heavy atom. The Morgan fingerprint density at radius 1 is 1.20 bits per heavy atom. The minimum atomic E-state index is -1.31. The zero-order valence-corrected chi connectivity index (χ0v) is 11.3. The van der Waals surface area contributed by atoms with E-state index < -0.39 is 17.7 Å². The van der Waals surface area contributed by atoms with Crippen molar-refractivity contribution in [3.8, 4) is 0 Å². The number of carbonyl (C=O) groups is 2. The summed E-state index contributed by atoms with van der Waals surface area (Å²) in [5.41, 5.74) is 0.579. The van der Waals surface area contributed by atoms with Crippen molar-refractivity contribution in [1.29, 1.82) is 0 Å². The highest BCUT2D eigenvalue weighted by molar-refractivity contribution is 6.31. The molecule has 0 saturated carbocycles. The van der Waals surface area contributed by atoms with E-state index in [-0.39, 0.29) is 16.2 Å². The first-order valence-electron chi connectivity index (χ1n) is 6.19. The maximum atomic E-state index is 13.0. The van der Waals surface area contributed by atoms with Crippen LogP contribution in [-0.4, -0.2) is 11.9 Å². The lowest BCUT2D eigenvalue weighted by molar-refractivity contribution is -0.299. The number of rotatable bonds is 3. The molecule has 0 atom stereocenters. The van der Waals surface area contributed by atoms with Crippen LogP contribution in [-0.2, 0) is 9.59 Å². The van der Waals surface area contributed by atoms with Crippen LogP contribution in [0.5, 0.6) is 0 Å². The molecule has 1 amide bonds. The fraction of sp³-hybridized carbons (Fsp3) is 0.286. The van der Waals surface area contributed by atoms with Crippen LogP contribution in [0.1, 0.15) is 25.7 Å². The lowest BCUT2D eigenvalue weighted by Gasteiger charge is -2.20. The van der Waals surface area contributed by atoms with E-state index in [4.69, 9.17) is 11.6 Å². The first-order chi connectivity index (χ1) is 9.49. The van der Waals surface area contributed by atoms with E-state index in [9.17, 15) is 19.1 Å². The first-order valence-corrected chi connectivity index (χ1v) is 6.56. The third-order valence-corrected chi connectivity index (χ3v) is 3.46. The second-order valence-electron chi connectivity index (χ2n) is 4.53. The zero-order chi connectivity index (χ0) is 14.7. The average Bonchev–Trinajstić information content (AvgIpc) is 2.43. The van der Waals surface area contributed by atoms with Crippen LogP contribution in [0, 0.1) is 5.82 Å². The summed E-state index contributed by atoms with van der Waals surface area (Å²) in [5, 5.41) is 13.4. The smallest absolute Gasteiger partial charge is 0.251 e. The second kappa shape index (κ2) is 6.05. The van der Waals surface area contributed by atoms with Gasteiger partial charge in [0, 0.05) is 11.3 Å². The molecule has 1 aliphatic rings. The maximum absolute atomic E-state index is 13.0. The number of halogens is 2. The van der Waals surface area contributed by atoms with Crippen molar-refractivity contribution < 1.29 is 19.1 Å². The van der Waals surface area contributed by atoms with Gasteiger partial charge < -0.3 is 15.2 Å². The highest BCUT2D eigenvalue weighted by atomic mass is 35.5. The zero-order valence-electron chi connectivity index (χ0n) is 10.5. The van der Waals surface area contributed by atoms with E-state index in [1.807, 2.05) is 0 Å². The van der Waals surface area contributed by atoms with Crippen molar-refractivity contribution in [2.45, 2.75) is 25.7 Å². The van der Waals surface area contributed by atoms with Gasteiger partial charge >= 0.3 is 0 Å². The molecule has 0 fully saturated rings. The average molecular weight is 297 g/mol. The summed E-state index contributed by atoms with van der Waals surface area (Å²) in [4.78, 5) is 23.1. The number of anilines is 1. The van der Waals surface area contributed by atoms with Crippen LogP contribution in [0.2, 0.25) is 5.02 Å². The standard InChI is InChI=1S/C14H13ClFNO3/c15-11-7-8(5-6-12(11)16)17-13(18)9-3-1-2-4-10(9)14(19)20/h5-7H,1-4H2,(H,17,18)(H,19,20)/p-1. The molecule has 0 radical (unpaired) electrons. The number of aliphatic carboxylic acids is 1. The molecule has 1 aliphatic carbocycles. The van der Waals surface area contributed by atoms with Gasteiger partial charge in [-0.3, -0.25) is 4.79 Å². The molecule has 0 aromatic heterocycles. The number of hydrogen-bond acceptors (Lipinski definition) is 3. The minimum absolute atomic E-state index is 0.0435. The maximum Gasteiger partial charge on any atom is 0.251 e. The van der Waals surface area contributed by atoms with Crippen molar-refractivity contribution in [3.63, 3.8) is 0 Å². The van der Waals surface area contributed by atoms with Crippen LogP contribution in [0.4, 0.5) is 10.1 Å². The molecular weight excluding hydrogens is 285 g/mol. The Balaban J connectivity index is 2.22. The molecule has 0 heterocycles. The summed E-state index contributed by atoms with van der Waals surface area (Å²) < 4.78 is 13.0. The molecule has 6 heteroatoms. The van der Waals surface area contributed by atoms with Gasteiger partial charge in [-0.1, -0.05) is 11.6 Å². The van der Waals surface area contributed by atoms with Crippen LogP contribution < -0.4 is 10.4 Å². The van der Waals surface area contributed by atoms with Crippen molar-refractivity contribution in [2.75, 3.05) is 5.32 Å². The Bertz CT molecular complexity index is 598. The number of hydrogen-bond donors (Lipinski definition) is 1. The van der Waals surface area contributed by atoms with Crippen LogP contribution in [0.15, 0.2) is 29.3 Å². The summed E-state index contributed by atoms with van der Waals surface area (Å²) in [5.74, 6) is -2.41. The SMILES string of the molecule is O=C([O-])C1=C(C(=O)Nc2ccc(F)c(Cl)c2)CCCC1. The van der Waals surface area contributed by atoms with E-state index in [1.165, 1.54) is 12.1 Å². The first kappa shape index (κ1) is 14.5. The molecule has 106 valence electrons. The minimum Gasteiger partial charge on any atom is -0.545 e. The molecule has 1 N–H and O–H groups in total. The predicted octanol–water partition coefficient (Wildman–Crippen LogP) is 2.04. The number of nitrogens with one attached hydrogen (secondary N) is 1. The molecule has 0 bridgehead atoms. The van der Waals surface area contributed by atoms with Gasteiger partial charge in [0.25, 0.3) is 5.91 Å². The van der Waals surface area contributed by atoms with E-state index in [2.05, 4.69) is 5.32 Å². The molecule has 1 aromatic carbocycles. The van der Waals surface area contributed by atoms with Crippen molar-refractivity contribution in [1.82, 2.24) is 0 Å². The van der Waals surface area contributed by atoms with Crippen molar-refractivity contribution >= 4 is 29.2 Å². The largest absolute Gasteiger partial charge is 0.545 e. The summed E-state index contributed by atoms with van der Waals surface area (Å²) in [6, 6.07) is 3.77. The summed E-state index contributed by atoms with van der Waals surface area (Å²) in [6.45, 7) is 0. The fourth-order valence-electron chi connectivity index (χ4n) is 2.16. The highest BCUT2D eigenvalue weighted by Crippen LogP contribution is 2.26. The van der Waals surface area contributed by atoms with Gasteiger partial charge in [-0.15, -0.1) is 0 Å². The van der Waals surface area contributed by atoms with E-state index >= 15 is 0 Å². The topological polar surface area (TPSA) is 69.2 Å². The van der Waals surface area contributed by atoms with Crippen molar-refractivity contribution in [2.24, 2.45) is 0 Å². The van der Waals surface area contributed by atoms with Crippen LogP contribution in [0.25, 0.3) is 0 Å². The van der Waals surface area contributed by atoms with Crippen molar-refractivity contribution in [3.05, 3.63) is 40.2 Å². The van der Waals surface area contributed by atoms with Crippen LogP contribution >= 0.6 is 11.6 Å². The summed E-state index contributed by atoms with van der Waals surface area (Å²) in [6.07, 6.45) is 2.20. The fourth-order valence-corrected chi connectivity index (χ4v) is 2.34. The third-order valence-electron chi connectivity index (χ3n) is 3.17. The molecule has 0 unspecified atom stereocenters. The van der Waals surface area contributed by atoms with E-state index in [0.717, 1.165) is 18.9 Å². The van der Waals surface area contributed by atoms with Gasteiger partial charge in [-0.25, -0.2) is 4.39 Å². The Kier molecular flexibility index (Phi) is 4.39. The lowest BCUT2D eigenvalue weighted by atomic mass is 9.91. The normalized spacial score (nSPS) is 15.1. The number of carboxylic acid groups (broad SMARTS) is 1. The molecular formula is C14H12ClFNO3-. The molecule has 1 aromatic rings. The molecule has 0 spiro atoms. The quantitative estimate of drug-likeness (QED) is 0.928. The van der Waals surface area contributed by atoms with Gasteiger partial charge in [0.1, 0.15) is 5.82 Å². The van der Waals surface area contributed by atoms with E-state index in [0.29, 0.717) is 18.5 Å². The second-order valence-corrected chi connectivity index (χ2v) is 4.94. The van der Waals surface area contributed by atoms with Gasteiger partial charge in [-0.05, 0) is 49.5 Å². The number of carbonyl (C=O) groups excluding carboxylic acids is 2. The van der Waals surface area contributed by atoms with Gasteiger partial charge in [0.2, 0.25) is 0 Å². The van der Waals surface area contributed by atoms with Gasteiger partial charge in [0.05, 0.1) is 11.0 Å². The number of benzene rings is 1. The molecule has 0 saturated heterocycles. The highest BCUT2D eigenvalue weighted by Gasteiger charge is 2.20. The Morgan fingerprint density at radius 3 is 2.45 bits per heavy atom. The van der Waals surface area contributed by atoms with E-state index in [1.54, 1.807) is 0 Å². The Hall–Kier alpha value is -1.88. The molecule has 20 heavy (non-hydrogen) atoms. The third kappa shape index (κ3) is 3.17. The monoisotopic (exact) mass is 296 g/mol. The van der Waals surface area contributed by atoms with Gasteiger partial charge in [0.15, 0.2) is 0 Å². The number of amides is 1.